The molecule has 1 unspecified atom stereocenters. The number of nitrogens with one attached hydrogen (secondary N) is 3. The second-order valence-electron chi connectivity index (χ2n) is 7.96. The summed E-state index contributed by atoms with van der Waals surface area (Å²) in [6.45, 7) is 5.68. The van der Waals surface area contributed by atoms with Crippen molar-refractivity contribution in [2.24, 2.45) is 5.92 Å². The van der Waals surface area contributed by atoms with Crippen LogP contribution in [0.15, 0.2) is 12.1 Å². The predicted molar refractivity (Wildman–Crippen MR) is 120 cm³/mol. The number of carbonyl (C=O) groups is 3. The third kappa shape index (κ3) is 7.12. The molecule has 176 valence electrons. The van der Waals surface area contributed by atoms with E-state index >= 15 is 0 Å². The van der Waals surface area contributed by atoms with Crippen LogP contribution in [-0.2, 0) is 19.1 Å². The van der Waals surface area contributed by atoms with Crippen molar-refractivity contribution in [1.82, 2.24) is 5.32 Å². The summed E-state index contributed by atoms with van der Waals surface area (Å²) in [5.41, 5.74) is 0.947. The van der Waals surface area contributed by atoms with Crippen LogP contribution >= 0.6 is 0 Å². The van der Waals surface area contributed by atoms with Crippen molar-refractivity contribution in [3.8, 4) is 11.5 Å². The maximum absolute atomic E-state index is 12.5. The van der Waals surface area contributed by atoms with E-state index < -0.39 is 0 Å². The highest BCUT2D eigenvalue weighted by molar-refractivity contribution is 5.98. The molecule has 1 aliphatic carbocycles. The highest BCUT2D eigenvalue weighted by Crippen LogP contribution is 2.38. The van der Waals surface area contributed by atoms with Crippen LogP contribution < -0.4 is 25.4 Å². The monoisotopic (exact) mass is 447 g/mol. The third-order valence-electron chi connectivity index (χ3n) is 5.29. The van der Waals surface area contributed by atoms with Crippen LogP contribution in [0.3, 0.4) is 0 Å². The van der Waals surface area contributed by atoms with Gasteiger partial charge in [-0.05, 0) is 39.5 Å². The Kier molecular flexibility index (Phi) is 8.72. The van der Waals surface area contributed by atoms with Gasteiger partial charge in [-0.25, -0.2) is 0 Å². The Labute approximate surface area is 188 Å². The van der Waals surface area contributed by atoms with Gasteiger partial charge in [0.2, 0.25) is 17.7 Å². The van der Waals surface area contributed by atoms with Crippen LogP contribution in [0, 0.1) is 5.92 Å². The summed E-state index contributed by atoms with van der Waals surface area (Å²) >= 11 is 0. The van der Waals surface area contributed by atoms with Crippen molar-refractivity contribution in [2.45, 2.75) is 58.5 Å². The summed E-state index contributed by atoms with van der Waals surface area (Å²) in [6, 6.07) is 3.31. The Morgan fingerprint density at radius 2 is 1.56 bits per heavy atom. The van der Waals surface area contributed by atoms with Gasteiger partial charge >= 0.3 is 0 Å². The molecule has 32 heavy (non-hydrogen) atoms. The molecule has 0 radical (unpaired) electrons. The molecule has 1 aliphatic heterocycles. The first-order valence-corrected chi connectivity index (χ1v) is 11.4. The molecular formula is C23H33N3O6. The summed E-state index contributed by atoms with van der Waals surface area (Å²) in [4.78, 5) is 36.7. The SMILES string of the molecule is CCOc1cc(NC(=O)C2CC2)c(OCC)cc1NC(=O)CCC(=O)NCC1CCCO1. The number of benzene rings is 1. The molecule has 0 spiro atoms. The molecule has 2 aliphatic rings. The van der Waals surface area contributed by atoms with Gasteiger partial charge in [-0.3, -0.25) is 14.4 Å². The fourth-order valence-electron chi connectivity index (χ4n) is 3.45. The lowest BCUT2D eigenvalue weighted by atomic mass is 10.2. The molecule has 1 heterocycles. The number of hydrogen-bond donors (Lipinski definition) is 3. The molecule has 3 rings (SSSR count). The summed E-state index contributed by atoms with van der Waals surface area (Å²) in [7, 11) is 0. The molecular weight excluding hydrogens is 414 g/mol. The Bertz CT molecular complexity index is 818. The maximum atomic E-state index is 12.5. The fraction of sp³-hybridized carbons (Fsp3) is 0.609. The molecule has 1 atom stereocenters. The number of hydrogen-bond acceptors (Lipinski definition) is 6. The molecule has 1 saturated carbocycles. The molecule has 9 heteroatoms. The van der Waals surface area contributed by atoms with Gasteiger partial charge < -0.3 is 30.2 Å². The van der Waals surface area contributed by atoms with E-state index in [0.29, 0.717) is 42.6 Å². The predicted octanol–water partition coefficient (Wildman–Crippen LogP) is 2.85. The van der Waals surface area contributed by atoms with Gasteiger partial charge in [-0.2, -0.15) is 0 Å². The smallest absolute Gasteiger partial charge is 0.227 e. The number of amides is 3. The second-order valence-corrected chi connectivity index (χ2v) is 7.96. The van der Waals surface area contributed by atoms with Crippen LogP contribution in [0.4, 0.5) is 11.4 Å². The molecule has 9 nitrogen and oxygen atoms in total. The molecule has 0 bridgehead atoms. The molecule has 2 fully saturated rings. The maximum Gasteiger partial charge on any atom is 0.227 e. The van der Waals surface area contributed by atoms with Gasteiger partial charge in [0.25, 0.3) is 0 Å². The lowest BCUT2D eigenvalue weighted by molar-refractivity contribution is -0.124. The van der Waals surface area contributed by atoms with Crippen molar-refractivity contribution < 1.29 is 28.6 Å². The standard InChI is InChI=1S/C23H33N3O6/c1-3-30-19-13-18(26-23(29)15-7-8-15)20(31-4-2)12-17(19)25-22(28)10-9-21(27)24-14-16-6-5-11-32-16/h12-13,15-16H,3-11,14H2,1-2H3,(H,24,27)(H,25,28)(H,26,29). The van der Waals surface area contributed by atoms with Crippen LogP contribution in [0.2, 0.25) is 0 Å². The van der Waals surface area contributed by atoms with E-state index in [2.05, 4.69) is 16.0 Å². The van der Waals surface area contributed by atoms with Gasteiger partial charge in [0.1, 0.15) is 11.5 Å². The van der Waals surface area contributed by atoms with Gasteiger partial charge in [-0.1, -0.05) is 0 Å². The summed E-state index contributed by atoms with van der Waals surface area (Å²) < 4.78 is 16.8. The van der Waals surface area contributed by atoms with Crippen molar-refractivity contribution in [3.05, 3.63) is 12.1 Å². The molecule has 3 amide bonds. The largest absolute Gasteiger partial charge is 0.492 e. The van der Waals surface area contributed by atoms with Crippen LogP contribution in [-0.4, -0.2) is 50.2 Å². The van der Waals surface area contributed by atoms with Crippen LogP contribution in [0.25, 0.3) is 0 Å². The molecule has 3 N–H and O–H groups in total. The first kappa shape index (κ1) is 23.8. The first-order chi connectivity index (χ1) is 15.5. The average molecular weight is 448 g/mol. The topological polar surface area (TPSA) is 115 Å². The zero-order chi connectivity index (χ0) is 22.9. The quantitative estimate of drug-likeness (QED) is 0.454. The molecule has 1 saturated heterocycles. The Morgan fingerprint density at radius 3 is 2.12 bits per heavy atom. The lowest BCUT2D eigenvalue weighted by Crippen LogP contribution is -2.32. The second kappa shape index (κ2) is 11.7. The van der Waals surface area contributed by atoms with E-state index in [0.717, 1.165) is 32.3 Å². The van der Waals surface area contributed by atoms with E-state index in [1.165, 1.54) is 0 Å². The number of ether oxygens (including phenoxy) is 3. The van der Waals surface area contributed by atoms with Crippen molar-refractivity contribution in [3.63, 3.8) is 0 Å². The van der Waals surface area contributed by atoms with Gasteiger partial charge in [0.15, 0.2) is 0 Å². The minimum absolute atomic E-state index is 0.0348. The number of carbonyl (C=O) groups excluding carboxylic acids is 3. The van der Waals surface area contributed by atoms with E-state index in [4.69, 9.17) is 14.2 Å². The van der Waals surface area contributed by atoms with Crippen LogP contribution in [0.1, 0.15) is 52.4 Å². The van der Waals surface area contributed by atoms with E-state index in [9.17, 15) is 14.4 Å². The molecule has 1 aromatic rings. The molecule has 1 aromatic carbocycles. The highest BCUT2D eigenvalue weighted by Gasteiger charge is 2.30. The van der Waals surface area contributed by atoms with E-state index in [-0.39, 0.29) is 42.6 Å². The minimum Gasteiger partial charge on any atom is -0.492 e. The number of rotatable bonds is 12. The Hall–Kier alpha value is -2.81. The highest BCUT2D eigenvalue weighted by atomic mass is 16.5. The Balaban J connectivity index is 1.60. The van der Waals surface area contributed by atoms with E-state index in [1.807, 2.05) is 13.8 Å². The van der Waals surface area contributed by atoms with Crippen molar-refractivity contribution in [2.75, 3.05) is 37.0 Å². The molecule has 0 aromatic heterocycles. The summed E-state index contributed by atoms with van der Waals surface area (Å²) in [5, 5.41) is 8.51. The Morgan fingerprint density at radius 1 is 0.938 bits per heavy atom. The lowest BCUT2D eigenvalue weighted by Gasteiger charge is -2.18. The number of anilines is 2. The minimum atomic E-state index is -0.310. The third-order valence-corrected chi connectivity index (χ3v) is 5.29. The summed E-state index contributed by atoms with van der Waals surface area (Å²) in [6.07, 6.45) is 3.92. The van der Waals surface area contributed by atoms with E-state index in [1.54, 1.807) is 12.1 Å². The first-order valence-electron chi connectivity index (χ1n) is 11.4. The van der Waals surface area contributed by atoms with Crippen molar-refractivity contribution in [1.29, 1.82) is 0 Å². The fourth-order valence-corrected chi connectivity index (χ4v) is 3.45. The zero-order valence-electron chi connectivity index (χ0n) is 18.8. The van der Waals surface area contributed by atoms with Gasteiger partial charge in [0.05, 0.1) is 30.7 Å². The summed E-state index contributed by atoms with van der Waals surface area (Å²) in [5.74, 6) is 0.391. The zero-order valence-corrected chi connectivity index (χ0v) is 18.8. The van der Waals surface area contributed by atoms with Crippen LogP contribution in [0.5, 0.6) is 11.5 Å². The van der Waals surface area contributed by atoms with Gasteiger partial charge in [-0.15, -0.1) is 0 Å². The normalized spacial score (nSPS) is 17.5. The van der Waals surface area contributed by atoms with Gasteiger partial charge in [0, 0.05) is 44.0 Å². The average Bonchev–Trinajstić information content (AvgIpc) is 3.50. The van der Waals surface area contributed by atoms with Crippen molar-refractivity contribution >= 4 is 29.1 Å².